The highest BCUT2D eigenvalue weighted by molar-refractivity contribution is 6.11. The van der Waals surface area contributed by atoms with Crippen LogP contribution in [0.15, 0.2) is 206 Å². The molecule has 1 heterocycles. The van der Waals surface area contributed by atoms with Crippen molar-refractivity contribution >= 4 is 49.6 Å². The number of rotatable bonds is 6. The van der Waals surface area contributed by atoms with E-state index in [0.717, 1.165) is 17.1 Å². The molecule has 288 valence electrons. The predicted octanol–water partition coefficient (Wildman–Crippen LogP) is 15.5. The monoisotopic (exact) mass is 770 g/mol. The lowest BCUT2D eigenvalue weighted by atomic mass is 9.67. The SMILES string of the molecule is Cc1cccc2c1-c1ccc(N(c3ccc4c5ccccc5n(C(C)(C)C)c4c3)c3ccc4ccccc4c3-c3ccccc3)cc1C2(c1ccccc1)c1ccccc1. The minimum absolute atomic E-state index is 0.148. The largest absolute Gasteiger partial charge is 0.335 e. The van der Waals surface area contributed by atoms with Gasteiger partial charge in [0.05, 0.1) is 16.6 Å². The standard InChI is InChI=1S/C58H46N2/c1-39-19-18-29-50-55(39)49-35-33-44(37-51(49)58(50,42-23-10-6-11-24-42)43-25-12-7-13-26-43)59(53-36-31-40-20-14-15-27-46(40)56(53)41-21-8-5-9-22-41)45-32-34-48-47-28-16-17-30-52(47)60(54(48)38-45)57(2,3)4/h5-38H,1-4H3. The van der Waals surface area contributed by atoms with Crippen molar-refractivity contribution in [3.8, 4) is 22.3 Å². The van der Waals surface area contributed by atoms with Gasteiger partial charge in [-0.05, 0) is 119 Å². The molecule has 60 heavy (non-hydrogen) atoms. The third-order valence-corrected chi connectivity index (χ3v) is 12.8. The minimum Gasteiger partial charge on any atom is -0.335 e. The van der Waals surface area contributed by atoms with Crippen molar-refractivity contribution in [3.05, 3.63) is 234 Å². The van der Waals surface area contributed by atoms with Crippen molar-refractivity contribution in [2.45, 2.75) is 38.6 Å². The fourth-order valence-corrected chi connectivity index (χ4v) is 10.4. The molecule has 0 spiro atoms. The van der Waals surface area contributed by atoms with Crippen LogP contribution in [-0.4, -0.2) is 4.57 Å². The molecular formula is C58H46N2. The number of benzene rings is 9. The maximum Gasteiger partial charge on any atom is 0.0714 e. The summed E-state index contributed by atoms with van der Waals surface area (Å²) in [5.41, 5.74) is 16.6. The molecule has 0 N–H and O–H groups in total. The molecule has 11 rings (SSSR count). The second-order valence-corrected chi connectivity index (χ2v) is 17.3. The molecule has 0 saturated carbocycles. The number of aryl methyl sites for hydroxylation is 1. The summed E-state index contributed by atoms with van der Waals surface area (Å²) in [6.45, 7) is 9.20. The van der Waals surface area contributed by atoms with Crippen molar-refractivity contribution in [1.29, 1.82) is 0 Å². The normalized spacial score (nSPS) is 13.1. The fourth-order valence-electron chi connectivity index (χ4n) is 10.4. The van der Waals surface area contributed by atoms with Crippen LogP contribution in [0.2, 0.25) is 0 Å². The van der Waals surface area contributed by atoms with E-state index in [-0.39, 0.29) is 5.54 Å². The summed E-state index contributed by atoms with van der Waals surface area (Å²) in [6, 6.07) is 76.7. The van der Waals surface area contributed by atoms with Gasteiger partial charge in [-0.1, -0.05) is 170 Å². The zero-order valence-electron chi connectivity index (χ0n) is 34.5. The molecule has 0 fully saturated rings. The van der Waals surface area contributed by atoms with Crippen LogP contribution in [-0.2, 0) is 11.0 Å². The molecule has 2 nitrogen and oxygen atoms in total. The summed E-state index contributed by atoms with van der Waals surface area (Å²) in [4.78, 5) is 2.52. The van der Waals surface area contributed by atoms with Crippen LogP contribution in [0.25, 0.3) is 54.8 Å². The van der Waals surface area contributed by atoms with Crippen LogP contribution in [0.4, 0.5) is 17.1 Å². The first kappa shape index (κ1) is 36.0. The Bertz CT molecular complexity index is 3200. The van der Waals surface area contributed by atoms with Crippen LogP contribution < -0.4 is 4.90 Å². The lowest BCUT2D eigenvalue weighted by Crippen LogP contribution is -2.28. The summed E-state index contributed by atoms with van der Waals surface area (Å²) < 4.78 is 2.52. The lowest BCUT2D eigenvalue weighted by molar-refractivity contribution is 0.423. The van der Waals surface area contributed by atoms with E-state index in [4.69, 9.17) is 0 Å². The summed E-state index contributed by atoms with van der Waals surface area (Å²) in [5, 5.41) is 4.98. The van der Waals surface area contributed by atoms with Gasteiger partial charge in [0.15, 0.2) is 0 Å². The van der Waals surface area contributed by atoms with E-state index in [2.05, 4.69) is 243 Å². The van der Waals surface area contributed by atoms with Crippen LogP contribution in [0.5, 0.6) is 0 Å². The topological polar surface area (TPSA) is 8.17 Å². The molecule has 0 atom stereocenters. The highest BCUT2D eigenvalue weighted by Gasteiger charge is 2.47. The summed E-state index contributed by atoms with van der Waals surface area (Å²) in [7, 11) is 0. The molecule has 0 radical (unpaired) electrons. The molecule has 2 heteroatoms. The van der Waals surface area contributed by atoms with E-state index in [1.165, 1.54) is 82.6 Å². The average Bonchev–Trinajstić information content (AvgIpc) is 3.78. The van der Waals surface area contributed by atoms with Gasteiger partial charge in [-0.25, -0.2) is 0 Å². The number of anilines is 3. The first-order valence-electron chi connectivity index (χ1n) is 21.1. The molecule has 10 aromatic rings. The summed E-state index contributed by atoms with van der Waals surface area (Å²) in [6.07, 6.45) is 0. The number of hydrogen-bond donors (Lipinski definition) is 0. The number of hydrogen-bond acceptors (Lipinski definition) is 1. The Morgan fingerprint density at radius 2 is 1.05 bits per heavy atom. The second-order valence-electron chi connectivity index (χ2n) is 17.3. The number of nitrogens with zero attached hydrogens (tertiary/aromatic N) is 2. The van der Waals surface area contributed by atoms with E-state index in [1.54, 1.807) is 0 Å². The van der Waals surface area contributed by atoms with E-state index >= 15 is 0 Å². The molecule has 0 bridgehead atoms. The van der Waals surface area contributed by atoms with Crippen LogP contribution in [0.3, 0.4) is 0 Å². The molecule has 1 aromatic heterocycles. The van der Waals surface area contributed by atoms with Crippen molar-refractivity contribution in [3.63, 3.8) is 0 Å². The Balaban J connectivity index is 1.26. The van der Waals surface area contributed by atoms with E-state index in [9.17, 15) is 0 Å². The van der Waals surface area contributed by atoms with E-state index in [0.29, 0.717) is 0 Å². The Kier molecular flexibility index (Phi) is 8.22. The molecule has 0 amide bonds. The minimum atomic E-state index is -0.533. The second kappa shape index (κ2) is 13.7. The van der Waals surface area contributed by atoms with Gasteiger partial charge in [-0.15, -0.1) is 0 Å². The smallest absolute Gasteiger partial charge is 0.0714 e. The zero-order chi connectivity index (χ0) is 40.6. The van der Waals surface area contributed by atoms with Gasteiger partial charge in [-0.3, -0.25) is 0 Å². The number of fused-ring (bicyclic) bond motifs is 7. The van der Waals surface area contributed by atoms with Crippen molar-refractivity contribution < 1.29 is 0 Å². The van der Waals surface area contributed by atoms with Gasteiger partial charge >= 0.3 is 0 Å². The van der Waals surface area contributed by atoms with Gasteiger partial charge in [0.1, 0.15) is 0 Å². The lowest BCUT2D eigenvalue weighted by Gasteiger charge is -2.35. The average molecular weight is 771 g/mol. The maximum absolute atomic E-state index is 2.52. The van der Waals surface area contributed by atoms with Gasteiger partial charge in [-0.2, -0.15) is 0 Å². The van der Waals surface area contributed by atoms with Crippen molar-refractivity contribution in [2.75, 3.05) is 4.90 Å². The van der Waals surface area contributed by atoms with Crippen LogP contribution >= 0.6 is 0 Å². The maximum atomic E-state index is 2.52. The quantitative estimate of drug-likeness (QED) is 0.163. The third kappa shape index (κ3) is 5.34. The van der Waals surface area contributed by atoms with Gasteiger partial charge in [0.2, 0.25) is 0 Å². The summed E-state index contributed by atoms with van der Waals surface area (Å²) >= 11 is 0. The van der Waals surface area contributed by atoms with Gasteiger partial charge in [0.25, 0.3) is 0 Å². The highest BCUT2D eigenvalue weighted by Crippen LogP contribution is 2.58. The number of aromatic nitrogens is 1. The molecule has 1 aliphatic rings. The molecule has 9 aromatic carbocycles. The Morgan fingerprint density at radius 3 is 1.77 bits per heavy atom. The molecule has 0 aliphatic heterocycles. The number of para-hydroxylation sites is 1. The van der Waals surface area contributed by atoms with E-state index < -0.39 is 5.41 Å². The third-order valence-electron chi connectivity index (χ3n) is 12.8. The molecule has 0 unspecified atom stereocenters. The predicted molar refractivity (Wildman–Crippen MR) is 254 cm³/mol. The Labute approximate surface area is 352 Å². The first-order chi connectivity index (χ1) is 29.3. The van der Waals surface area contributed by atoms with Crippen LogP contribution in [0.1, 0.15) is 48.6 Å². The summed E-state index contributed by atoms with van der Waals surface area (Å²) in [5.74, 6) is 0. The molecule has 0 saturated heterocycles. The Hall–Kier alpha value is -7.16. The highest BCUT2D eigenvalue weighted by atomic mass is 15.1. The Morgan fingerprint density at radius 1 is 0.450 bits per heavy atom. The van der Waals surface area contributed by atoms with Crippen molar-refractivity contribution in [2.24, 2.45) is 0 Å². The van der Waals surface area contributed by atoms with Gasteiger partial charge < -0.3 is 9.47 Å². The van der Waals surface area contributed by atoms with Gasteiger partial charge in [0, 0.05) is 38.8 Å². The molecule has 1 aliphatic carbocycles. The zero-order valence-corrected chi connectivity index (χ0v) is 34.5. The van der Waals surface area contributed by atoms with Crippen molar-refractivity contribution in [1.82, 2.24) is 4.57 Å². The van der Waals surface area contributed by atoms with Crippen LogP contribution in [0, 0.1) is 6.92 Å². The fraction of sp³-hybridized carbons (Fsp3) is 0.103. The first-order valence-corrected chi connectivity index (χ1v) is 21.1. The van der Waals surface area contributed by atoms with E-state index in [1.807, 2.05) is 0 Å². The molecular weight excluding hydrogens is 725 g/mol.